The lowest BCUT2D eigenvalue weighted by molar-refractivity contribution is 0.0986. The third kappa shape index (κ3) is 5.18. The average molecular weight is 543 g/mol. The van der Waals surface area contributed by atoms with Gasteiger partial charge in [0, 0.05) is 0 Å². The van der Waals surface area contributed by atoms with Gasteiger partial charge in [0.15, 0.2) is 5.78 Å². The number of alkyl halides is 2. The van der Waals surface area contributed by atoms with E-state index in [0.29, 0.717) is 28.0 Å². The summed E-state index contributed by atoms with van der Waals surface area (Å²) in [5.41, 5.74) is 2.41. The smallest absolute Gasteiger partial charge is 0.181 e. The van der Waals surface area contributed by atoms with Crippen LogP contribution >= 0.6 is 55.1 Å². The SMILES string of the molecule is O=C(c1ccccc1OCc1ccccc1)[C@H](Br)[C@H](Br)c1ccc(Cl)c(Cl)c1. The molecule has 3 rings (SSSR count). The lowest BCUT2D eigenvalue weighted by Gasteiger charge is -2.18. The number of ether oxygens (including phenoxy) is 1. The van der Waals surface area contributed by atoms with Crippen LogP contribution in [0.5, 0.6) is 5.75 Å². The first-order valence-corrected chi connectivity index (χ1v) is 11.1. The molecule has 0 bridgehead atoms. The van der Waals surface area contributed by atoms with Crippen LogP contribution in [0.4, 0.5) is 0 Å². The Morgan fingerprint density at radius 3 is 2.29 bits per heavy atom. The molecule has 0 N–H and O–H groups in total. The summed E-state index contributed by atoms with van der Waals surface area (Å²) in [7, 11) is 0. The predicted molar refractivity (Wildman–Crippen MR) is 122 cm³/mol. The molecule has 144 valence electrons. The van der Waals surface area contributed by atoms with Crippen LogP contribution in [0.15, 0.2) is 72.8 Å². The van der Waals surface area contributed by atoms with Gasteiger partial charge < -0.3 is 4.74 Å². The lowest BCUT2D eigenvalue weighted by Crippen LogP contribution is -2.20. The van der Waals surface area contributed by atoms with E-state index < -0.39 is 4.83 Å². The van der Waals surface area contributed by atoms with Crippen LogP contribution < -0.4 is 4.74 Å². The highest BCUT2D eigenvalue weighted by molar-refractivity contribution is 9.12. The Kier molecular flexibility index (Phi) is 7.58. The van der Waals surface area contributed by atoms with Gasteiger partial charge in [-0.3, -0.25) is 4.79 Å². The van der Waals surface area contributed by atoms with Crippen molar-refractivity contribution in [3.8, 4) is 5.75 Å². The maximum absolute atomic E-state index is 13.1. The predicted octanol–water partition coefficient (Wildman–Crippen LogP) is 7.65. The quantitative estimate of drug-likeness (QED) is 0.226. The van der Waals surface area contributed by atoms with E-state index in [1.165, 1.54) is 0 Å². The molecule has 0 aliphatic heterocycles. The van der Waals surface area contributed by atoms with Gasteiger partial charge in [0.05, 0.1) is 25.3 Å². The number of hydrogen-bond acceptors (Lipinski definition) is 2. The summed E-state index contributed by atoms with van der Waals surface area (Å²) >= 11 is 19.2. The topological polar surface area (TPSA) is 26.3 Å². The molecule has 0 saturated carbocycles. The number of hydrogen-bond donors (Lipinski definition) is 0. The third-order valence-electron chi connectivity index (χ3n) is 4.16. The number of carbonyl (C=O) groups is 1. The number of ketones is 1. The zero-order chi connectivity index (χ0) is 20.1. The summed E-state index contributed by atoms with van der Waals surface area (Å²) in [5, 5.41) is 0.921. The van der Waals surface area contributed by atoms with Crippen LogP contribution in [0.2, 0.25) is 10.0 Å². The summed E-state index contributed by atoms with van der Waals surface area (Å²) in [6.45, 7) is 0.391. The van der Waals surface area contributed by atoms with Gasteiger partial charge in [-0.2, -0.15) is 0 Å². The van der Waals surface area contributed by atoms with Crippen molar-refractivity contribution in [1.29, 1.82) is 0 Å². The van der Waals surface area contributed by atoms with Gasteiger partial charge in [-0.25, -0.2) is 0 Å². The van der Waals surface area contributed by atoms with Gasteiger partial charge in [0.2, 0.25) is 0 Å². The second-order valence-corrected chi connectivity index (χ2v) is 8.90. The normalized spacial score (nSPS) is 13.0. The highest BCUT2D eigenvalue weighted by Crippen LogP contribution is 2.37. The minimum Gasteiger partial charge on any atom is -0.488 e. The highest BCUT2D eigenvalue weighted by Gasteiger charge is 2.28. The summed E-state index contributed by atoms with van der Waals surface area (Å²) in [6.07, 6.45) is 0. The molecule has 0 saturated heterocycles. The Labute approximate surface area is 191 Å². The van der Waals surface area contributed by atoms with Crippen LogP contribution in [0.1, 0.15) is 26.3 Å². The summed E-state index contributed by atoms with van der Waals surface area (Å²) in [5.74, 6) is 0.464. The van der Waals surface area contributed by atoms with Crippen molar-refractivity contribution in [2.75, 3.05) is 0 Å². The molecule has 0 aliphatic rings. The van der Waals surface area contributed by atoms with Crippen molar-refractivity contribution in [3.63, 3.8) is 0 Å². The maximum Gasteiger partial charge on any atom is 0.181 e. The molecule has 2 atom stereocenters. The van der Waals surface area contributed by atoms with Crippen LogP contribution in [-0.4, -0.2) is 10.6 Å². The van der Waals surface area contributed by atoms with Gasteiger partial charge in [-0.15, -0.1) is 0 Å². The van der Waals surface area contributed by atoms with Crippen molar-refractivity contribution in [2.24, 2.45) is 0 Å². The molecule has 3 aromatic rings. The second kappa shape index (κ2) is 9.93. The van der Waals surface area contributed by atoms with Crippen LogP contribution in [0, 0.1) is 0 Å². The number of rotatable bonds is 7. The number of benzene rings is 3. The molecule has 2 nitrogen and oxygen atoms in total. The van der Waals surface area contributed by atoms with Crippen LogP contribution in [0.25, 0.3) is 0 Å². The first-order chi connectivity index (χ1) is 13.5. The molecule has 0 spiro atoms. The highest BCUT2D eigenvalue weighted by atomic mass is 79.9. The molecule has 0 radical (unpaired) electrons. The third-order valence-corrected chi connectivity index (χ3v) is 7.61. The Balaban J connectivity index is 1.78. The first kappa shape index (κ1) is 21.4. The van der Waals surface area contributed by atoms with E-state index in [0.717, 1.165) is 11.1 Å². The number of carbonyl (C=O) groups excluding carboxylic acids is 1. The van der Waals surface area contributed by atoms with Gasteiger partial charge in [0.1, 0.15) is 12.4 Å². The summed E-state index contributed by atoms with van der Waals surface area (Å²) in [6, 6.07) is 22.4. The van der Waals surface area contributed by atoms with Crippen molar-refractivity contribution >= 4 is 60.8 Å². The molecule has 0 unspecified atom stereocenters. The fraction of sp³-hybridized carbons (Fsp3) is 0.136. The minimum absolute atomic E-state index is 0.0865. The molecule has 6 heteroatoms. The maximum atomic E-state index is 13.1. The van der Waals surface area contributed by atoms with E-state index in [4.69, 9.17) is 27.9 Å². The zero-order valence-corrected chi connectivity index (χ0v) is 19.3. The first-order valence-electron chi connectivity index (χ1n) is 8.50. The van der Waals surface area contributed by atoms with E-state index in [-0.39, 0.29) is 10.6 Å². The van der Waals surface area contributed by atoms with E-state index in [1.807, 2.05) is 48.5 Å². The van der Waals surface area contributed by atoms with Crippen molar-refractivity contribution < 1.29 is 9.53 Å². The van der Waals surface area contributed by atoms with E-state index in [2.05, 4.69) is 31.9 Å². The zero-order valence-electron chi connectivity index (χ0n) is 14.6. The molecule has 0 heterocycles. The molecule has 0 aliphatic carbocycles. The number of Topliss-reactive ketones (excluding diaryl/α,β-unsaturated/α-hetero) is 1. The average Bonchev–Trinajstić information content (AvgIpc) is 2.73. The second-order valence-electron chi connectivity index (χ2n) is 6.11. The molecule has 0 fully saturated rings. The van der Waals surface area contributed by atoms with E-state index in [9.17, 15) is 4.79 Å². The fourth-order valence-corrected chi connectivity index (χ4v) is 4.05. The minimum atomic E-state index is -0.508. The largest absolute Gasteiger partial charge is 0.488 e. The van der Waals surface area contributed by atoms with Crippen LogP contribution in [-0.2, 0) is 6.61 Å². The summed E-state index contributed by atoms with van der Waals surface area (Å²) in [4.78, 5) is 12.3. The fourth-order valence-electron chi connectivity index (χ4n) is 2.67. The van der Waals surface area contributed by atoms with E-state index >= 15 is 0 Å². The molecular weight excluding hydrogens is 527 g/mol. The van der Waals surface area contributed by atoms with Crippen molar-refractivity contribution in [2.45, 2.75) is 16.3 Å². The molecule has 0 amide bonds. The van der Waals surface area contributed by atoms with Gasteiger partial charge in [-0.05, 0) is 35.4 Å². The molecule has 28 heavy (non-hydrogen) atoms. The molecular formula is C22H16Br2Cl2O2. The monoisotopic (exact) mass is 540 g/mol. The van der Waals surface area contributed by atoms with E-state index in [1.54, 1.807) is 24.3 Å². The van der Waals surface area contributed by atoms with Gasteiger partial charge in [0.25, 0.3) is 0 Å². The Hall–Kier alpha value is -1.33. The lowest BCUT2D eigenvalue weighted by atomic mass is 10.0. The van der Waals surface area contributed by atoms with Crippen LogP contribution in [0.3, 0.4) is 0 Å². The Morgan fingerprint density at radius 2 is 1.57 bits per heavy atom. The standard InChI is InChI=1S/C22H16Br2Cl2O2/c23-20(15-10-11-17(25)18(26)12-15)21(24)22(27)16-8-4-5-9-19(16)28-13-14-6-2-1-3-7-14/h1-12,20-21H,13H2/t20-,21-/m1/s1. The number of para-hydroxylation sites is 1. The van der Waals surface area contributed by atoms with Gasteiger partial charge in [-0.1, -0.05) is 104 Å². The van der Waals surface area contributed by atoms with Crippen molar-refractivity contribution in [1.82, 2.24) is 0 Å². The Morgan fingerprint density at radius 1 is 0.893 bits per heavy atom. The van der Waals surface area contributed by atoms with Gasteiger partial charge >= 0.3 is 0 Å². The molecule has 3 aromatic carbocycles. The number of halogens is 4. The molecule has 0 aromatic heterocycles. The van der Waals surface area contributed by atoms with Crippen molar-refractivity contribution in [3.05, 3.63) is 99.5 Å². The summed E-state index contributed by atoms with van der Waals surface area (Å²) < 4.78 is 5.92. The Bertz CT molecular complexity index is 964.